The van der Waals surface area contributed by atoms with Gasteiger partial charge < -0.3 is 10.2 Å². The molecule has 0 saturated heterocycles. The molecular formula is C2H5O4. The molecule has 0 aromatic carbocycles. The quantitative estimate of drug-likeness (QED) is 0.451. The highest BCUT2D eigenvalue weighted by Crippen LogP contribution is 1.42. The number of rotatable bonds is 0. The second-order valence-corrected chi connectivity index (χ2v) is 0.283. The minimum absolute atomic E-state index is 0.750. The van der Waals surface area contributed by atoms with Crippen molar-refractivity contribution in [3.63, 3.8) is 0 Å². The van der Waals surface area contributed by atoms with E-state index < -0.39 is 6.16 Å². The zero-order valence-corrected chi connectivity index (χ0v) is 3.21. The van der Waals surface area contributed by atoms with Gasteiger partial charge in [0.1, 0.15) is 0 Å². The Hall–Kier alpha value is -0.770. The Kier molecular flexibility index (Phi) is 13.3. The van der Waals surface area contributed by atoms with Crippen molar-refractivity contribution in [2.75, 3.05) is 7.11 Å². The Morgan fingerprint density at radius 2 is 1.33 bits per heavy atom. The normalized spacial score (nSPS) is 5.00. The van der Waals surface area contributed by atoms with Gasteiger partial charge in [0.25, 0.3) is 0 Å². The van der Waals surface area contributed by atoms with Crippen molar-refractivity contribution in [2.24, 2.45) is 0 Å². The lowest BCUT2D eigenvalue weighted by Gasteiger charge is -1.60. The monoisotopic (exact) mass is 93.0 g/mol. The second-order valence-electron chi connectivity index (χ2n) is 0.283. The van der Waals surface area contributed by atoms with Crippen molar-refractivity contribution in [2.45, 2.75) is 0 Å². The summed E-state index contributed by atoms with van der Waals surface area (Å²) < 4.78 is 0. The average Bonchev–Trinajstić information content (AvgIpc) is 1.41. The van der Waals surface area contributed by atoms with E-state index in [1.807, 2.05) is 0 Å². The van der Waals surface area contributed by atoms with Gasteiger partial charge >= 0.3 is 6.16 Å². The van der Waals surface area contributed by atoms with Gasteiger partial charge in [-0.25, -0.2) is 9.90 Å². The van der Waals surface area contributed by atoms with Gasteiger partial charge in [0, 0.05) is 0 Å². The molecule has 0 aliphatic heterocycles. The molecule has 0 heterocycles. The first-order valence-electron chi connectivity index (χ1n) is 1.06. The molecular weight excluding hydrogens is 88.0 g/mol. The summed E-state index contributed by atoms with van der Waals surface area (Å²) in [7, 11) is 0.750. The number of hydrogen-bond acceptors (Lipinski definition) is 1. The van der Waals surface area contributed by atoms with Crippen LogP contribution in [0.4, 0.5) is 4.79 Å². The smallest absolute Gasteiger partial charge is 0.450 e. The van der Waals surface area contributed by atoms with Gasteiger partial charge in [-0.1, -0.05) is 0 Å². The molecule has 0 aromatic heterocycles. The van der Waals surface area contributed by atoms with Crippen LogP contribution < -0.4 is 0 Å². The standard InChI is InChI=1S/CH2O3.CH3O/c2-1(3)4;1-2/h(H2,2,3,4);1H3. The minimum Gasteiger partial charge on any atom is -0.450 e. The van der Waals surface area contributed by atoms with Crippen LogP contribution in [0.3, 0.4) is 0 Å². The first kappa shape index (κ1) is 8.97. The third kappa shape index (κ3) is 27.1. The van der Waals surface area contributed by atoms with Gasteiger partial charge in [0.05, 0.1) is 7.11 Å². The van der Waals surface area contributed by atoms with Gasteiger partial charge in [0.2, 0.25) is 0 Å². The van der Waals surface area contributed by atoms with Crippen molar-refractivity contribution in [3.8, 4) is 0 Å². The summed E-state index contributed by atoms with van der Waals surface area (Å²) in [5.74, 6) is 0. The minimum atomic E-state index is -1.83. The zero-order valence-electron chi connectivity index (χ0n) is 3.21. The molecule has 0 aromatic rings. The molecule has 2 N–H and O–H groups in total. The molecule has 0 aliphatic carbocycles. The molecule has 6 heavy (non-hydrogen) atoms. The molecule has 0 spiro atoms. The van der Waals surface area contributed by atoms with Crippen molar-refractivity contribution in [1.82, 2.24) is 0 Å². The molecule has 4 nitrogen and oxygen atoms in total. The average molecular weight is 93.1 g/mol. The van der Waals surface area contributed by atoms with Crippen molar-refractivity contribution in [3.05, 3.63) is 0 Å². The van der Waals surface area contributed by atoms with Crippen LogP contribution in [0.1, 0.15) is 0 Å². The predicted molar refractivity (Wildman–Crippen MR) is 17.3 cm³/mol. The van der Waals surface area contributed by atoms with Crippen LogP contribution >= 0.6 is 0 Å². The molecule has 0 aliphatic rings. The highest BCUT2D eigenvalue weighted by molar-refractivity contribution is 5.53. The maximum Gasteiger partial charge on any atom is 0.503 e. The van der Waals surface area contributed by atoms with E-state index in [0.29, 0.717) is 0 Å². The number of carbonyl (C=O) groups is 1. The number of carboxylic acid groups (broad SMARTS) is 2. The Labute approximate surface area is 34.7 Å². The molecule has 37 valence electrons. The molecule has 0 rings (SSSR count). The maximum absolute atomic E-state index is 8.56. The van der Waals surface area contributed by atoms with E-state index in [-0.39, 0.29) is 0 Å². The van der Waals surface area contributed by atoms with Crippen molar-refractivity contribution < 1.29 is 20.1 Å². The van der Waals surface area contributed by atoms with Crippen molar-refractivity contribution in [1.29, 1.82) is 0 Å². The molecule has 0 bridgehead atoms. The van der Waals surface area contributed by atoms with Crippen LogP contribution in [0, 0.1) is 0 Å². The van der Waals surface area contributed by atoms with E-state index in [1.54, 1.807) is 0 Å². The highest BCUT2D eigenvalue weighted by Gasteiger charge is 1.70. The molecule has 0 unspecified atom stereocenters. The predicted octanol–water partition coefficient (Wildman–Crippen LogP) is 0.269. The van der Waals surface area contributed by atoms with Gasteiger partial charge in [-0.2, -0.15) is 0 Å². The molecule has 1 radical (unpaired) electrons. The summed E-state index contributed by atoms with van der Waals surface area (Å²) in [6.45, 7) is 0. The third-order valence-electron chi connectivity index (χ3n) is 0. The Bertz CT molecular complexity index is 28.5. The number of hydrogen-bond donors (Lipinski definition) is 2. The lowest BCUT2D eigenvalue weighted by molar-refractivity contribution is 0.137. The van der Waals surface area contributed by atoms with Gasteiger partial charge in [-0.05, 0) is 0 Å². The van der Waals surface area contributed by atoms with Crippen LogP contribution in [0.25, 0.3) is 0 Å². The van der Waals surface area contributed by atoms with E-state index in [9.17, 15) is 0 Å². The fraction of sp³-hybridized carbons (Fsp3) is 0.500. The Morgan fingerprint density at radius 1 is 1.33 bits per heavy atom. The third-order valence-corrected chi connectivity index (χ3v) is 0. The Balaban J connectivity index is 0. The first-order chi connectivity index (χ1) is 2.73. The van der Waals surface area contributed by atoms with Crippen LogP contribution in [0.5, 0.6) is 0 Å². The summed E-state index contributed by atoms with van der Waals surface area (Å²) in [4.78, 5) is 8.56. The maximum atomic E-state index is 8.56. The topological polar surface area (TPSA) is 77.4 Å². The van der Waals surface area contributed by atoms with E-state index >= 15 is 0 Å². The largest absolute Gasteiger partial charge is 0.503 e. The lowest BCUT2D eigenvalue weighted by atomic mass is 11.5. The summed E-state index contributed by atoms with van der Waals surface area (Å²) >= 11 is 0. The SMILES string of the molecule is C[O].O=C(O)O. The van der Waals surface area contributed by atoms with Crippen LogP contribution in [0.15, 0.2) is 0 Å². The molecule has 0 fully saturated rings. The second kappa shape index (κ2) is 8.87. The first-order valence-corrected chi connectivity index (χ1v) is 1.06. The van der Waals surface area contributed by atoms with Crippen LogP contribution in [0.2, 0.25) is 0 Å². The summed E-state index contributed by atoms with van der Waals surface area (Å²) in [6, 6.07) is 0. The van der Waals surface area contributed by atoms with E-state index in [4.69, 9.17) is 20.1 Å². The lowest BCUT2D eigenvalue weighted by Crippen LogP contribution is -1.81. The zero-order chi connectivity index (χ0) is 5.58. The molecule has 0 saturated carbocycles. The van der Waals surface area contributed by atoms with E-state index in [1.165, 1.54) is 0 Å². The highest BCUT2D eigenvalue weighted by atomic mass is 16.6. The summed E-state index contributed by atoms with van der Waals surface area (Å²) in [6.07, 6.45) is -1.83. The molecule has 0 amide bonds. The Morgan fingerprint density at radius 3 is 1.33 bits per heavy atom. The van der Waals surface area contributed by atoms with Gasteiger partial charge in [-0.15, -0.1) is 0 Å². The van der Waals surface area contributed by atoms with E-state index in [2.05, 4.69) is 0 Å². The van der Waals surface area contributed by atoms with Gasteiger partial charge in [0.15, 0.2) is 0 Å². The fourth-order valence-electron chi connectivity index (χ4n) is 0. The van der Waals surface area contributed by atoms with Gasteiger partial charge in [-0.3, -0.25) is 0 Å². The molecule has 4 heteroatoms. The fourth-order valence-corrected chi connectivity index (χ4v) is 0. The van der Waals surface area contributed by atoms with Crippen LogP contribution in [-0.4, -0.2) is 23.5 Å². The summed E-state index contributed by atoms with van der Waals surface area (Å²) in [5.41, 5.74) is 0. The van der Waals surface area contributed by atoms with Crippen LogP contribution in [-0.2, 0) is 5.11 Å². The van der Waals surface area contributed by atoms with E-state index in [0.717, 1.165) is 7.11 Å². The summed E-state index contributed by atoms with van der Waals surface area (Å²) in [5, 5.41) is 22.2. The molecule has 0 atom stereocenters. The van der Waals surface area contributed by atoms with Crippen molar-refractivity contribution >= 4 is 6.16 Å².